The Morgan fingerprint density at radius 3 is 2.73 bits per heavy atom. The number of aromatic nitrogens is 6. The first kappa shape index (κ1) is 15.7. The third kappa shape index (κ3) is 2.54. The van der Waals surface area contributed by atoms with Crippen molar-refractivity contribution in [1.29, 1.82) is 0 Å². The van der Waals surface area contributed by atoms with E-state index in [4.69, 9.17) is 11.6 Å². The van der Waals surface area contributed by atoms with Gasteiger partial charge in [-0.2, -0.15) is 14.7 Å². The number of aryl methyl sites for hydroxylation is 1. The number of rotatable bonds is 3. The Labute approximate surface area is 161 Å². The number of halogens is 1. The molecule has 1 N–H and O–H groups in total. The molecule has 4 aromatic heterocycles. The topological polar surface area (TPSA) is 71.8 Å². The number of hydrogen-bond donors (Lipinski definition) is 1. The fourth-order valence-electron chi connectivity index (χ4n) is 2.67. The van der Waals surface area contributed by atoms with Gasteiger partial charge in [-0.15, -0.1) is 21.5 Å². The van der Waals surface area contributed by atoms with Crippen molar-refractivity contribution in [2.24, 2.45) is 0 Å². The number of nitrogens with one attached hydrogen (secondary N) is 1. The molecule has 6 nitrogen and oxygen atoms in total. The van der Waals surface area contributed by atoms with E-state index in [0.29, 0.717) is 5.02 Å². The highest BCUT2D eigenvalue weighted by atomic mass is 35.5. The summed E-state index contributed by atoms with van der Waals surface area (Å²) in [6, 6.07) is 11.6. The van der Waals surface area contributed by atoms with Crippen LogP contribution in [0.4, 0.5) is 0 Å². The van der Waals surface area contributed by atoms with Crippen LogP contribution in [-0.4, -0.2) is 30.0 Å². The monoisotopic (exact) mass is 398 g/mol. The number of benzene rings is 1. The molecule has 128 valence electrons. The summed E-state index contributed by atoms with van der Waals surface area (Å²) in [5.74, 6) is 0.771. The zero-order chi connectivity index (χ0) is 17.7. The quantitative estimate of drug-likeness (QED) is 0.467. The van der Waals surface area contributed by atoms with Gasteiger partial charge in [-0.1, -0.05) is 35.1 Å². The van der Waals surface area contributed by atoms with Crippen LogP contribution in [0.5, 0.6) is 0 Å². The van der Waals surface area contributed by atoms with Crippen LogP contribution >= 0.6 is 34.3 Å². The van der Waals surface area contributed by atoms with Gasteiger partial charge in [0.15, 0.2) is 10.8 Å². The van der Waals surface area contributed by atoms with E-state index < -0.39 is 0 Å². The van der Waals surface area contributed by atoms with Gasteiger partial charge in [0.1, 0.15) is 0 Å². The molecule has 5 rings (SSSR count). The molecule has 0 aliphatic rings. The Balaban J connectivity index is 1.55. The van der Waals surface area contributed by atoms with Gasteiger partial charge in [0.2, 0.25) is 4.96 Å². The van der Waals surface area contributed by atoms with Gasteiger partial charge < -0.3 is 0 Å². The summed E-state index contributed by atoms with van der Waals surface area (Å²) in [6.07, 6.45) is 0. The molecule has 0 saturated heterocycles. The van der Waals surface area contributed by atoms with E-state index in [1.807, 2.05) is 35.7 Å². The van der Waals surface area contributed by atoms with E-state index in [9.17, 15) is 0 Å². The van der Waals surface area contributed by atoms with Gasteiger partial charge in [0.25, 0.3) is 0 Å². The fourth-order valence-corrected chi connectivity index (χ4v) is 4.50. The minimum atomic E-state index is 0.703. The molecular formula is C17H11ClN6S2. The van der Waals surface area contributed by atoms with Crippen molar-refractivity contribution in [3.8, 4) is 32.7 Å². The van der Waals surface area contributed by atoms with Crippen LogP contribution in [0, 0.1) is 6.92 Å². The van der Waals surface area contributed by atoms with Crippen LogP contribution in [-0.2, 0) is 0 Å². The highest BCUT2D eigenvalue weighted by Gasteiger charge is 2.18. The Morgan fingerprint density at radius 1 is 1.12 bits per heavy atom. The van der Waals surface area contributed by atoms with Crippen LogP contribution in [0.2, 0.25) is 5.02 Å². The van der Waals surface area contributed by atoms with Gasteiger partial charge in [-0.05, 0) is 42.1 Å². The van der Waals surface area contributed by atoms with Crippen molar-refractivity contribution in [2.75, 3.05) is 0 Å². The molecule has 0 aliphatic heterocycles. The molecule has 9 heteroatoms. The van der Waals surface area contributed by atoms with Gasteiger partial charge in [-0.3, -0.25) is 5.10 Å². The van der Waals surface area contributed by atoms with Crippen molar-refractivity contribution in [2.45, 2.75) is 6.92 Å². The lowest BCUT2D eigenvalue weighted by Crippen LogP contribution is -1.90. The predicted molar refractivity (Wildman–Crippen MR) is 105 cm³/mol. The van der Waals surface area contributed by atoms with Gasteiger partial charge >= 0.3 is 0 Å². The Bertz CT molecular complexity index is 1210. The van der Waals surface area contributed by atoms with E-state index in [0.717, 1.165) is 37.6 Å². The maximum atomic E-state index is 5.95. The van der Waals surface area contributed by atoms with Crippen molar-refractivity contribution >= 4 is 39.2 Å². The fraction of sp³-hybridized carbons (Fsp3) is 0.0588. The number of H-pyrrole nitrogens is 1. The first-order valence-electron chi connectivity index (χ1n) is 7.77. The van der Waals surface area contributed by atoms with Crippen LogP contribution in [0.25, 0.3) is 37.6 Å². The Morgan fingerprint density at radius 2 is 1.96 bits per heavy atom. The third-order valence-electron chi connectivity index (χ3n) is 4.00. The number of nitrogens with zero attached hydrogens (tertiary/aromatic N) is 5. The van der Waals surface area contributed by atoms with E-state index in [-0.39, 0.29) is 0 Å². The SMILES string of the molecule is Cc1ccsc1-c1nnc2sc(-c3cc(-c4ccc(Cl)cc4)n[nH]3)nn12. The van der Waals surface area contributed by atoms with Crippen molar-refractivity contribution < 1.29 is 0 Å². The minimum Gasteiger partial charge on any atom is -0.275 e. The molecule has 0 radical (unpaired) electrons. The summed E-state index contributed by atoms with van der Waals surface area (Å²) in [4.78, 5) is 1.84. The molecule has 0 spiro atoms. The maximum Gasteiger partial charge on any atom is 0.235 e. The van der Waals surface area contributed by atoms with E-state index in [2.05, 4.69) is 38.5 Å². The molecular weight excluding hydrogens is 388 g/mol. The molecule has 26 heavy (non-hydrogen) atoms. The van der Waals surface area contributed by atoms with Crippen molar-refractivity contribution in [3.05, 3.63) is 52.4 Å². The Hall–Kier alpha value is -2.55. The Kier molecular flexibility index (Phi) is 3.63. The van der Waals surface area contributed by atoms with Crippen LogP contribution in [0.1, 0.15) is 5.56 Å². The highest BCUT2D eigenvalue weighted by Crippen LogP contribution is 2.32. The molecule has 5 aromatic rings. The molecule has 0 aliphatic carbocycles. The standard InChI is InChI=1S/C17H11ClN6S2/c1-9-6-7-25-14(9)15-21-22-17-24(15)23-16(26-17)13-8-12(19-20-13)10-2-4-11(18)5-3-10/h2-8H,1H3,(H,19,20). The zero-order valence-corrected chi connectivity index (χ0v) is 15.9. The van der Waals surface area contributed by atoms with Gasteiger partial charge in [-0.25, -0.2) is 0 Å². The van der Waals surface area contributed by atoms with Crippen LogP contribution in [0.15, 0.2) is 41.8 Å². The maximum absolute atomic E-state index is 5.95. The summed E-state index contributed by atoms with van der Waals surface area (Å²) in [7, 11) is 0. The predicted octanol–water partition coefficient (Wildman–Crippen LogP) is 4.93. The number of aromatic amines is 1. The molecule has 0 amide bonds. The number of thiophene rings is 1. The lowest BCUT2D eigenvalue weighted by Gasteiger charge is -1.95. The summed E-state index contributed by atoms with van der Waals surface area (Å²) in [5.41, 5.74) is 3.86. The van der Waals surface area contributed by atoms with E-state index in [1.165, 1.54) is 16.9 Å². The normalized spacial score (nSPS) is 11.5. The first-order chi connectivity index (χ1) is 12.7. The second-order valence-electron chi connectivity index (χ2n) is 5.73. The summed E-state index contributed by atoms with van der Waals surface area (Å²) in [6.45, 7) is 2.06. The highest BCUT2D eigenvalue weighted by molar-refractivity contribution is 7.19. The van der Waals surface area contributed by atoms with E-state index >= 15 is 0 Å². The van der Waals surface area contributed by atoms with Crippen LogP contribution in [0.3, 0.4) is 0 Å². The molecule has 0 unspecified atom stereocenters. The van der Waals surface area contributed by atoms with Gasteiger partial charge in [0.05, 0.1) is 16.3 Å². The van der Waals surface area contributed by atoms with E-state index in [1.54, 1.807) is 15.9 Å². The van der Waals surface area contributed by atoms with Gasteiger partial charge in [0, 0.05) is 10.6 Å². The second kappa shape index (κ2) is 6.01. The molecule has 0 bridgehead atoms. The van der Waals surface area contributed by atoms with Crippen molar-refractivity contribution in [1.82, 2.24) is 30.0 Å². The minimum absolute atomic E-state index is 0.703. The molecule has 0 atom stereocenters. The number of hydrogen-bond acceptors (Lipinski definition) is 6. The average Bonchev–Trinajstić information content (AvgIpc) is 3.38. The third-order valence-corrected chi connectivity index (χ3v) is 6.20. The summed E-state index contributed by atoms with van der Waals surface area (Å²) >= 11 is 9.07. The lowest BCUT2D eigenvalue weighted by molar-refractivity contribution is 0.965. The zero-order valence-electron chi connectivity index (χ0n) is 13.5. The lowest BCUT2D eigenvalue weighted by atomic mass is 10.1. The summed E-state index contributed by atoms with van der Waals surface area (Å²) < 4.78 is 1.79. The molecule has 0 fully saturated rings. The smallest absolute Gasteiger partial charge is 0.235 e. The number of fused-ring (bicyclic) bond motifs is 1. The largest absolute Gasteiger partial charge is 0.275 e. The van der Waals surface area contributed by atoms with Crippen LogP contribution < -0.4 is 0 Å². The first-order valence-corrected chi connectivity index (χ1v) is 9.85. The van der Waals surface area contributed by atoms with Crippen molar-refractivity contribution in [3.63, 3.8) is 0 Å². The molecule has 0 saturated carbocycles. The second-order valence-corrected chi connectivity index (χ2v) is 8.04. The molecule has 1 aromatic carbocycles. The average molecular weight is 399 g/mol. The molecule has 4 heterocycles. The summed E-state index contributed by atoms with van der Waals surface area (Å²) in [5, 5.41) is 24.3.